The molecule has 3 rings (SSSR count). The van der Waals surface area contributed by atoms with Gasteiger partial charge in [0.25, 0.3) is 5.91 Å². The maximum Gasteiger partial charge on any atom is 0.292 e. The van der Waals surface area contributed by atoms with E-state index in [1.807, 2.05) is 0 Å². The number of amides is 1. The molecule has 0 spiro atoms. The van der Waals surface area contributed by atoms with E-state index in [9.17, 15) is 4.79 Å². The fourth-order valence-corrected chi connectivity index (χ4v) is 3.16. The molecular weight excluding hydrogens is 236 g/mol. The number of nitrogens with zero attached hydrogens (tertiary/aromatic N) is 2. The van der Waals surface area contributed by atoms with E-state index in [0.717, 1.165) is 25.1 Å². The number of anilines is 1. The van der Waals surface area contributed by atoms with E-state index in [2.05, 4.69) is 20.6 Å². The Bertz CT molecular complexity index is 456. The SMILES string of the molecule is O=C(Nc1nc2c(s1)CCCC2)C1=NCCN1. The Kier molecular flexibility index (Phi) is 2.80. The molecule has 0 aromatic carbocycles. The number of hydrogen-bond donors (Lipinski definition) is 2. The number of aliphatic imine (C=N–C) groups is 1. The highest BCUT2D eigenvalue weighted by Gasteiger charge is 2.19. The quantitative estimate of drug-likeness (QED) is 0.821. The first kappa shape index (κ1) is 10.7. The van der Waals surface area contributed by atoms with Gasteiger partial charge in [0.1, 0.15) is 0 Å². The lowest BCUT2D eigenvalue weighted by Crippen LogP contribution is -2.32. The van der Waals surface area contributed by atoms with Gasteiger partial charge in [-0.1, -0.05) is 0 Å². The lowest BCUT2D eigenvalue weighted by Gasteiger charge is -2.06. The first-order valence-corrected chi connectivity index (χ1v) is 6.73. The van der Waals surface area contributed by atoms with E-state index in [1.165, 1.54) is 17.7 Å². The molecule has 2 heterocycles. The number of amidine groups is 1. The van der Waals surface area contributed by atoms with Gasteiger partial charge in [-0.2, -0.15) is 0 Å². The minimum atomic E-state index is -0.173. The number of carbonyl (C=O) groups excluding carboxylic acids is 1. The minimum absolute atomic E-state index is 0.173. The van der Waals surface area contributed by atoms with Crippen LogP contribution in [-0.4, -0.2) is 29.8 Å². The zero-order valence-corrected chi connectivity index (χ0v) is 10.3. The molecule has 90 valence electrons. The van der Waals surface area contributed by atoms with Crippen LogP contribution in [0.1, 0.15) is 23.4 Å². The molecule has 0 fully saturated rings. The predicted octanol–water partition coefficient (Wildman–Crippen LogP) is 0.962. The van der Waals surface area contributed by atoms with E-state index < -0.39 is 0 Å². The standard InChI is InChI=1S/C11H14N4OS/c16-10(9-12-5-6-13-9)15-11-14-7-3-1-2-4-8(7)17-11/h1-6H2,(H,12,13)(H,14,15,16). The second kappa shape index (κ2) is 4.44. The van der Waals surface area contributed by atoms with Gasteiger partial charge in [-0.25, -0.2) is 4.98 Å². The van der Waals surface area contributed by atoms with E-state index in [4.69, 9.17) is 0 Å². The maximum absolute atomic E-state index is 11.8. The van der Waals surface area contributed by atoms with Crippen molar-refractivity contribution in [3.8, 4) is 0 Å². The van der Waals surface area contributed by atoms with Gasteiger partial charge in [-0.3, -0.25) is 15.1 Å². The van der Waals surface area contributed by atoms with Crippen LogP contribution >= 0.6 is 11.3 Å². The van der Waals surface area contributed by atoms with Gasteiger partial charge in [0, 0.05) is 11.4 Å². The van der Waals surface area contributed by atoms with Crippen molar-refractivity contribution in [1.29, 1.82) is 0 Å². The van der Waals surface area contributed by atoms with Crippen LogP contribution in [0.5, 0.6) is 0 Å². The number of carbonyl (C=O) groups is 1. The Morgan fingerprint density at radius 3 is 3.00 bits per heavy atom. The molecule has 0 radical (unpaired) electrons. The second-order valence-corrected chi connectivity index (χ2v) is 5.29. The molecule has 2 N–H and O–H groups in total. The molecule has 1 amide bonds. The lowest BCUT2D eigenvalue weighted by atomic mass is 10.0. The van der Waals surface area contributed by atoms with Crippen LogP contribution in [0.4, 0.5) is 5.13 Å². The van der Waals surface area contributed by atoms with Crippen LogP contribution in [0, 0.1) is 0 Å². The molecular formula is C11H14N4OS. The predicted molar refractivity (Wildman–Crippen MR) is 67.7 cm³/mol. The fourth-order valence-electron chi connectivity index (χ4n) is 2.11. The topological polar surface area (TPSA) is 66.4 Å². The lowest BCUT2D eigenvalue weighted by molar-refractivity contribution is -0.110. The number of hydrogen-bond acceptors (Lipinski definition) is 5. The largest absolute Gasteiger partial charge is 0.364 e. The summed E-state index contributed by atoms with van der Waals surface area (Å²) in [7, 11) is 0. The Hall–Kier alpha value is -1.43. The van der Waals surface area contributed by atoms with Gasteiger partial charge < -0.3 is 5.32 Å². The molecule has 6 heteroatoms. The van der Waals surface area contributed by atoms with Gasteiger partial charge in [0.2, 0.25) is 0 Å². The van der Waals surface area contributed by atoms with Crippen LogP contribution in [-0.2, 0) is 17.6 Å². The molecule has 1 aliphatic carbocycles. The summed E-state index contributed by atoms with van der Waals surface area (Å²) in [5, 5.41) is 6.48. The number of aromatic nitrogens is 1. The zero-order valence-electron chi connectivity index (χ0n) is 9.45. The van der Waals surface area contributed by atoms with Gasteiger partial charge in [-0.15, -0.1) is 11.3 Å². The summed E-state index contributed by atoms with van der Waals surface area (Å²) in [6.45, 7) is 1.42. The highest BCUT2D eigenvalue weighted by Crippen LogP contribution is 2.29. The van der Waals surface area contributed by atoms with Gasteiger partial charge in [-0.05, 0) is 25.7 Å². The van der Waals surface area contributed by atoms with E-state index >= 15 is 0 Å². The Morgan fingerprint density at radius 1 is 1.35 bits per heavy atom. The van der Waals surface area contributed by atoms with Gasteiger partial charge in [0.15, 0.2) is 11.0 Å². The van der Waals surface area contributed by atoms with Crippen molar-refractivity contribution in [2.75, 3.05) is 18.4 Å². The van der Waals surface area contributed by atoms with Crippen LogP contribution < -0.4 is 10.6 Å². The fraction of sp³-hybridized carbons (Fsp3) is 0.545. The highest BCUT2D eigenvalue weighted by molar-refractivity contribution is 7.16. The number of aryl methyl sites for hydroxylation is 2. The van der Waals surface area contributed by atoms with E-state index in [0.29, 0.717) is 17.5 Å². The highest BCUT2D eigenvalue weighted by atomic mass is 32.1. The molecule has 1 aliphatic heterocycles. The molecule has 0 saturated carbocycles. The van der Waals surface area contributed by atoms with Crippen molar-refractivity contribution in [2.24, 2.45) is 4.99 Å². The average Bonchev–Trinajstić information content (AvgIpc) is 2.97. The maximum atomic E-state index is 11.8. The first-order chi connectivity index (χ1) is 8.33. The van der Waals surface area contributed by atoms with Crippen molar-refractivity contribution in [1.82, 2.24) is 10.3 Å². The molecule has 5 nitrogen and oxygen atoms in total. The van der Waals surface area contributed by atoms with Crippen LogP contribution in [0.15, 0.2) is 4.99 Å². The Balaban J connectivity index is 1.72. The summed E-state index contributed by atoms with van der Waals surface area (Å²) in [5.41, 5.74) is 1.16. The number of rotatable bonds is 2. The zero-order chi connectivity index (χ0) is 11.7. The van der Waals surface area contributed by atoms with Crippen molar-refractivity contribution in [3.05, 3.63) is 10.6 Å². The Labute approximate surface area is 103 Å². The third-order valence-electron chi connectivity index (χ3n) is 2.96. The summed E-state index contributed by atoms with van der Waals surface area (Å²) < 4.78 is 0. The van der Waals surface area contributed by atoms with Gasteiger partial charge >= 0.3 is 0 Å². The monoisotopic (exact) mass is 250 g/mol. The van der Waals surface area contributed by atoms with E-state index in [1.54, 1.807) is 11.3 Å². The summed E-state index contributed by atoms with van der Waals surface area (Å²) in [6, 6.07) is 0. The summed E-state index contributed by atoms with van der Waals surface area (Å²) in [4.78, 5) is 21.7. The van der Waals surface area contributed by atoms with Crippen LogP contribution in [0.3, 0.4) is 0 Å². The molecule has 17 heavy (non-hydrogen) atoms. The van der Waals surface area contributed by atoms with Crippen LogP contribution in [0.25, 0.3) is 0 Å². The van der Waals surface area contributed by atoms with Crippen LogP contribution in [0.2, 0.25) is 0 Å². The number of fused-ring (bicyclic) bond motifs is 1. The average molecular weight is 250 g/mol. The summed E-state index contributed by atoms with van der Waals surface area (Å²) in [5.74, 6) is 0.256. The molecule has 0 bridgehead atoms. The summed E-state index contributed by atoms with van der Waals surface area (Å²) >= 11 is 1.60. The smallest absolute Gasteiger partial charge is 0.292 e. The molecule has 1 aromatic heterocycles. The van der Waals surface area contributed by atoms with Crippen molar-refractivity contribution >= 4 is 28.2 Å². The molecule has 0 atom stereocenters. The summed E-state index contributed by atoms with van der Waals surface area (Å²) in [6.07, 6.45) is 4.58. The van der Waals surface area contributed by atoms with Crippen molar-refractivity contribution in [2.45, 2.75) is 25.7 Å². The number of nitrogens with one attached hydrogen (secondary N) is 2. The molecule has 0 saturated heterocycles. The molecule has 2 aliphatic rings. The van der Waals surface area contributed by atoms with Gasteiger partial charge in [0.05, 0.1) is 12.2 Å². The molecule has 1 aromatic rings. The van der Waals surface area contributed by atoms with E-state index in [-0.39, 0.29) is 5.91 Å². The Morgan fingerprint density at radius 2 is 2.24 bits per heavy atom. The van der Waals surface area contributed by atoms with Crippen molar-refractivity contribution < 1.29 is 4.79 Å². The normalized spacial score (nSPS) is 18.2. The van der Waals surface area contributed by atoms with Crippen molar-refractivity contribution in [3.63, 3.8) is 0 Å². The third-order valence-corrected chi connectivity index (χ3v) is 4.03. The number of thiazole rings is 1. The minimum Gasteiger partial charge on any atom is -0.364 e. The first-order valence-electron chi connectivity index (χ1n) is 5.91. The second-order valence-electron chi connectivity index (χ2n) is 4.21. The third kappa shape index (κ3) is 2.17. The molecule has 0 unspecified atom stereocenters.